The minimum absolute atomic E-state index is 0.00829. The lowest BCUT2D eigenvalue weighted by atomic mass is 10.1. The van der Waals surface area contributed by atoms with Crippen molar-refractivity contribution in [2.75, 3.05) is 26.4 Å². The second-order valence-corrected chi connectivity index (χ2v) is 12.7. The Kier molecular flexibility index (Phi) is 29.6. The van der Waals surface area contributed by atoms with Crippen LogP contribution in [-0.2, 0) is 32.7 Å². The summed E-state index contributed by atoms with van der Waals surface area (Å²) in [4.78, 5) is 33.1. The molecule has 4 N–H and O–H groups in total. The van der Waals surface area contributed by atoms with Crippen molar-refractivity contribution in [2.45, 2.75) is 142 Å². The van der Waals surface area contributed by atoms with E-state index >= 15 is 0 Å². The highest BCUT2D eigenvalue weighted by molar-refractivity contribution is 7.47. The van der Waals surface area contributed by atoms with Crippen molar-refractivity contribution in [2.24, 2.45) is 5.73 Å². The third-order valence-corrected chi connectivity index (χ3v) is 7.88. The third kappa shape index (κ3) is 30.6. The molecular weight excluding hydrogens is 597 g/mol. The minimum atomic E-state index is -4.60. The number of hydrogen-bond donors (Lipinski definition) is 3. The topological polar surface area (TPSA) is 155 Å². The normalized spacial score (nSPS) is 14.8. The number of rotatable bonds is 32. The first-order valence-electron chi connectivity index (χ1n) is 17.0. The van der Waals surface area contributed by atoms with Crippen molar-refractivity contribution < 1.29 is 42.7 Å². The summed E-state index contributed by atoms with van der Waals surface area (Å²) in [7, 11) is -4.60. The molecular formula is C34H62NO9P. The van der Waals surface area contributed by atoms with Gasteiger partial charge in [0.05, 0.1) is 19.8 Å². The fourth-order valence-electron chi connectivity index (χ4n) is 4.26. The molecule has 11 heteroatoms. The van der Waals surface area contributed by atoms with Crippen molar-refractivity contribution >= 4 is 19.8 Å². The SMILES string of the molecule is CC/C=C\C/C=C\C/C=C\CCCCCCCCOCC(COP(=O)(O)OCC(N)C(=O)O)OC(=O)CCCCCCCCC. The number of carbonyl (C=O) groups excluding carboxylic acids is 1. The number of aliphatic carboxylic acids is 1. The van der Waals surface area contributed by atoms with Crippen LogP contribution in [0.2, 0.25) is 0 Å². The van der Waals surface area contributed by atoms with Crippen molar-refractivity contribution in [3.8, 4) is 0 Å². The number of unbranched alkanes of at least 4 members (excludes halogenated alkanes) is 12. The summed E-state index contributed by atoms with van der Waals surface area (Å²) in [6.07, 6.45) is 30.8. The van der Waals surface area contributed by atoms with Gasteiger partial charge in [-0.25, -0.2) is 4.57 Å². The van der Waals surface area contributed by atoms with Crippen molar-refractivity contribution in [3.63, 3.8) is 0 Å². The van der Waals surface area contributed by atoms with E-state index in [9.17, 15) is 19.0 Å². The number of phosphoric ester groups is 1. The van der Waals surface area contributed by atoms with Crippen LogP contribution in [0, 0.1) is 0 Å². The number of carbonyl (C=O) groups is 2. The Morgan fingerprint density at radius 3 is 1.93 bits per heavy atom. The van der Waals surface area contributed by atoms with E-state index in [1.54, 1.807) is 0 Å². The van der Waals surface area contributed by atoms with Crippen LogP contribution in [0.15, 0.2) is 36.5 Å². The smallest absolute Gasteiger partial charge is 0.472 e. The lowest BCUT2D eigenvalue weighted by molar-refractivity contribution is -0.154. The van der Waals surface area contributed by atoms with E-state index in [-0.39, 0.29) is 13.0 Å². The monoisotopic (exact) mass is 659 g/mol. The standard InChI is InChI=1S/C34H62NO9P/c1-3-5-7-9-11-12-13-14-15-16-17-18-19-21-23-25-27-41-28-31(29-42-45(39,40)43-30-32(35)34(37)38)44-33(36)26-24-22-20-10-8-6-4-2/h5,7,11-12,14-15,31-32H,3-4,6,8-10,13,16-30,35H2,1-2H3,(H,37,38)(H,39,40)/b7-5-,12-11-,15-14-. The van der Waals surface area contributed by atoms with Crippen LogP contribution in [0.25, 0.3) is 0 Å². The van der Waals surface area contributed by atoms with Crippen molar-refractivity contribution in [1.29, 1.82) is 0 Å². The second kappa shape index (κ2) is 30.8. The highest BCUT2D eigenvalue weighted by Gasteiger charge is 2.27. The minimum Gasteiger partial charge on any atom is -0.480 e. The average Bonchev–Trinajstić information content (AvgIpc) is 3.01. The number of carboxylic acids is 1. The molecule has 10 nitrogen and oxygen atoms in total. The van der Waals surface area contributed by atoms with Crippen LogP contribution in [-0.4, -0.2) is 60.5 Å². The molecule has 0 fully saturated rings. The zero-order valence-corrected chi connectivity index (χ0v) is 28.8. The van der Waals surface area contributed by atoms with Gasteiger partial charge in [-0.15, -0.1) is 0 Å². The lowest BCUT2D eigenvalue weighted by Crippen LogP contribution is -2.34. The first-order chi connectivity index (χ1) is 21.7. The predicted molar refractivity (Wildman–Crippen MR) is 180 cm³/mol. The first kappa shape index (κ1) is 43.2. The number of phosphoric acid groups is 1. The van der Waals surface area contributed by atoms with E-state index in [2.05, 4.69) is 54.8 Å². The summed E-state index contributed by atoms with van der Waals surface area (Å²) in [5.74, 6) is -1.79. The number of hydrogen-bond acceptors (Lipinski definition) is 8. The molecule has 0 aliphatic heterocycles. The molecule has 0 aromatic carbocycles. The van der Waals surface area contributed by atoms with Gasteiger partial charge in [-0.3, -0.25) is 18.6 Å². The summed E-state index contributed by atoms with van der Waals surface area (Å²) in [6, 6.07) is -1.47. The zero-order valence-electron chi connectivity index (χ0n) is 28.0. The third-order valence-electron chi connectivity index (χ3n) is 6.93. The van der Waals surface area contributed by atoms with Gasteiger partial charge < -0.3 is 25.2 Å². The Labute approximate surface area is 272 Å². The molecule has 3 atom stereocenters. The predicted octanol–water partition coefficient (Wildman–Crippen LogP) is 8.19. The zero-order chi connectivity index (χ0) is 33.4. The molecule has 0 aromatic heterocycles. The van der Waals surface area contributed by atoms with Crippen LogP contribution >= 0.6 is 7.82 Å². The largest absolute Gasteiger partial charge is 0.480 e. The van der Waals surface area contributed by atoms with Gasteiger partial charge >= 0.3 is 19.8 Å². The van der Waals surface area contributed by atoms with Gasteiger partial charge in [-0.1, -0.05) is 115 Å². The molecule has 0 aliphatic carbocycles. The molecule has 3 unspecified atom stereocenters. The molecule has 0 aliphatic rings. The summed E-state index contributed by atoms with van der Waals surface area (Å²) in [5.41, 5.74) is 5.31. The van der Waals surface area contributed by atoms with E-state index in [1.165, 1.54) is 38.5 Å². The molecule has 0 spiro atoms. The van der Waals surface area contributed by atoms with Gasteiger partial charge in [0, 0.05) is 13.0 Å². The number of ether oxygens (including phenoxy) is 2. The molecule has 0 saturated carbocycles. The maximum atomic E-state index is 12.4. The lowest BCUT2D eigenvalue weighted by Gasteiger charge is -2.20. The molecule has 0 rings (SSSR count). The summed E-state index contributed by atoms with van der Waals surface area (Å²) in [5, 5.41) is 8.82. The van der Waals surface area contributed by atoms with Crippen LogP contribution in [0.1, 0.15) is 129 Å². The molecule has 45 heavy (non-hydrogen) atoms. The highest BCUT2D eigenvalue weighted by atomic mass is 31.2. The Bertz CT molecular complexity index is 863. The maximum Gasteiger partial charge on any atom is 0.472 e. The number of esters is 1. The summed E-state index contributed by atoms with van der Waals surface area (Å²) in [6.45, 7) is 3.66. The quantitative estimate of drug-likeness (QED) is 0.0279. The molecule has 0 heterocycles. The first-order valence-corrected chi connectivity index (χ1v) is 18.5. The van der Waals surface area contributed by atoms with Gasteiger partial charge in [-0.2, -0.15) is 0 Å². The molecule has 0 bridgehead atoms. The van der Waals surface area contributed by atoms with Crippen molar-refractivity contribution in [3.05, 3.63) is 36.5 Å². The van der Waals surface area contributed by atoms with E-state index in [0.29, 0.717) is 13.0 Å². The van der Waals surface area contributed by atoms with Gasteiger partial charge in [-0.05, 0) is 44.9 Å². The maximum absolute atomic E-state index is 12.4. The molecule has 262 valence electrons. The van der Waals surface area contributed by atoms with E-state index < -0.39 is 45.1 Å². The van der Waals surface area contributed by atoms with Crippen LogP contribution < -0.4 is 5.73 Å². The van der Waals surface area contributed by atoms with Gasteiger partial charge in [0.25, 0.3) is 0 Å². The van der Waals surface area contributed by atoms with Crippen LogP contribution in [0.5, 0.6) is 0 Å². The number of carboxylic acid groups (broad SMARTS) is 1. The van der Waals surface area contributed by atoms with Crippen molar-refractivity contribution in [1.82, 2.24) is 0 Å². The number of nitrogens with two attached hydrogens (primary N) is 1. The van der Waals surface area contributed by atoms with E-state index in [1.807, 2.05) is 0 Å². The van der Waals surface area contributed by atoms with E-state index in [4.69, 9.17) is 24.8 Å². The van der Waals surface area contributed by atoms with Gasteiger partial charge in [0.15, 0.2) is 0 Å². The molecule has 0 radical (unpaired) electrons. The fraction of sp³-hybridized carbons (Fsp3) is 0.765. The Balaban J connectivity index is 4.29. The fourth-order valence-corrected chi connectivity index (χ4v) is 5.04. The highest BCUT2D eigenvalue weighted by Crippen LogP contribution is 2.43. The summed E-state index contributed by atoms with van der Waals surface area (Å²) >= 11 is 0. The average molecular weight is 660 g/mol. The molecule has 0 aromatic rings. The van der Waals surface area contributed by atoms with Crippen LogP contribution in [0.3, 0.4) is 0 Å². The Morgan fingerprint density at radius 1 is 0.733 bits per heavy atom. The summed E-state index contributed by atoms with van der Waals surface area (Å²) < 4.78 is 33.0. The molecule has 0 amide bonds. The van der Waals surface area contributed by atoms with Gasteiger partial charge in [0.1, 0.15) is 12.1 Å². The van der Waals surface area contributed by atoms with E-state index in [0.717, 1.165) is 64.2 Å². The Hall–Kier alpha value is -1.81. The Morgan fingerprint density at radius 2 is 1.29 bits per heavy atom. The van der Waals surface area contributed by atoms with Crippen LogP contribution in [0.4, 0.5) is 0 Å². The second-order valence-electron chi connectivity index (χ2n) is 11.3. The number of allylic oxidation sites excluding steroid dienone is 6. The van der Waals surface area contributed by atoms with Gasteiger partial charge in [0.2, 0.25) is 0 Å². The molecule has 0 saturated heterocycles.